The number of benzene rings is 2. The van der Waals surface area contributed by atoms with Crippen LogP contribution >= 0.6 is 11.6 Å². The molecule has 0 radical (unpaired) electrons. The lowest BCUT2D eigenvalue weighted by Gasteiger charge is -2.29. The van der Waals surface area contributed by atoms with Gasteiger partial charge >= 0.3 is 5.97 Å². The third-order valence-electron chi connectivity index (χ3n) is 4.48. The summed E-state index contributed by atoms with van der Waals surface area (Å²) in [4.78, 5) is 12.1. The average Bonchev–Trinajstić information content (AvgIpc) is 2.56. The fraction of sp³-hybridized carbons (Fsp3) is 0.316. The number of phenolic OH excluding ortho intramolecular Hbond substituents is 2. The van der Waals surface area contributed by atoms with Crippen molar-refractivity contribution in [2.45, 2.75) is 37.7 Å². The number of hydrogen-bond acceptors (Lipinski definition) is 4. The Balaban J connectivity index is 1.57. The van der Waals surface area contributed by atoms with Crippen LogP contribution in [-0.2, 0) is 4.74 Å². The second-order valence-electron chi connectivity index (χ2n) is 6.13. The van der Waals surface area contributed by atoms with Gasteiger partial charge in [0.25, 0.3) is 0 Å². The average molecular weight is 347 g/mol. The molecule has 2 aromatic carbocycles. The minimum Gasteiger partial charge on any atom is -0.508 e. The smallest absolute Gasteiger partial charge is 0.338 e. The van der Waals surface area contributed by atoms with Gasteiger partial charge in [0.1, 0.15) is 17.6 Å². The van der Waals surface area contributed by atoms with Crippen LogP contribution in [-0.4, -0.2) is 22.3 Å². The Labute approximate surface area is 145 Å². The predicted molar refractivity (Wildman–Crippen MR) is 91.6 cm³/mol. The summed E-state index contributed by atoms with van der Waals surface area (Å²) in [5, 5.41) is 19.9. The van der Waals surface area contributed by atoms with Crippen LogP contribution in [0.5, 0.6) is 11.5 Å². The fourth-order valence-corrected chi connectivity index (χ4v) is 3.30. The van der Waals surface area contributed by atoms with E-state index in [0.717, 1.165) is 31.2 Å². The SMILES string of the molecule is O=C(O[C@H]1CC[C@H](c2ccc(O)cc2O)CC1)c1ccc(Cl)cc1. The van der Waals surface area contributed by atoms with Gasteiger partial charge in [-0.25, -0.2) is 4.79 Å². The molecule has 24 heavy (non-hydrogen) atoms. The molecule has 2 aromatic rings. The second-order valence-corrected chi connectivity index (χ2v) is 6.57. The topological polar surface area (TPSA) is 66.8 Å². The first-order valence-corrected chi connectivity index (χ1v) is 8.39. The van der Waals surface area contributed by atoms with E-state index < -0.39 is 0 Å². The van der Waals surface area contributed by atoms with E-state index in [9.17, 15) is 15.0 Å². The molecular formula is C19H19ClO4. The van der Waals surface area contributed by atoms with Gasteiger partial charge in [0.15, 0.2) is 0 Å². The van der Waals surface area contributed by atoms with Gasteiger partial charge in [-0.05, 0) is 67.5 Å². The summed E-state index contributed by atoms with van der Waals surface area (Å²) < 4.78 is 5.57. The molecule has 0 spiro atoms. The maximum Gasteiger partial charge on any atom is 0.338 e. The standard InChI is InChI=1S/C19H19ClO4/c20-14-5-1-13(2-6-14)19(23)24-16-8-3-12(4-9-16)17-10-7-15(21)11-18(17)22/h1-2,5-7,10-12,16,21-22H,3-4,8-9H2/t12-,16-. The van der Waals surface area contributed by atoms with Gasteiger partial charge in [-0.2, -0.15) is 0 Å². The van der Waals surface area contributed by atoms with Crippen molar-refractivity contribution in [3.63, 3.8) is 0 Å². The monoisotopic (exact) mass is 346 g/mol. The van der Waals surface area contributed by atoms with Crippen molar-refractivity contribution in [1.82, 2.24) is 0 Å². The van der Waals surface area contributed by atoms with Crippen molar-refractivity contribution >= 4 is 17.6 Å². The number of phenols is 2. The van der Waals surface area contributed by atoms with Crippen molar-refractivity contribution < 1.29 is 19.7 Å². The van der Waals surface area contributed by atoms with Gasteiger partial charge in [-0.1, -0.05) is 17.7 Å². The maximum atomic E-state index is 12.1. The number of rotatable bonds is 3. The Hall–Kier alpha value is -2.20. The molecule has 1 saturated carbocycles. The quantitative estimate of drug-likeness (QED) is 0.795. The van der Waals surface area contributed by atoms with Crippen molar-refractivity contribution in [2.75, 3.05) is 0 Å². The second kappa shape index (κ2) is 7.14. The Morgan fingerprint density at radius 1 is 1.00 bits per heavy atom. The summed E-state index contributed by atoms with van der Waals surface area (Å²) in [6.07, 6.45) is 3.06. The van der Waals surface area contributed by atoms with Gasteiger partial charge in [-0.3, -0.25) is 0 Å². The lowest BCUT2D eigenvalue weighted by Crippen LogP contribution is -2.24. The molecule has 126 valence electrons. The lowest BCUT2D eigenvalue weighted by molar-refractivity contribution is 0.0194. The first-order valence-electron chi connectivity index (χ1n) is 8.01. The summed E-state index contributed by atoms with van der Waals surface area (Å²) in [5.74, 6) is 0.0668. The van der Waals surface area contributed by atoms with Crippen molar-refractivity contribution in [2.24, 2.45) is 0 Å². The van der Waals surface area contributed by atoms with Crippen LogP contribution < -0.4 is 0 Å². The summed E-state index contributed by atoms with van der Waals surface area (Å²) in [6, 6.07) is 11.4. The van der Waals surface area contributed by atoms with Crippen LogP contribution in [0.1, 0.15) is 47.5 Å². The number of hydrogen-bond donors (Lipinski definition) is 2. The summed E-state index contributed by atoms with van der Waals surface area (Å²) in [6.45, 7) is 0. The molecule has 0 unspecified atom stereocenters. The number of carbonyl (C=O) groups excluding carboxylic acids is 1. The Morgan fingerprint density at radius 3 is 2.29 bits per heavy atom. The zero-order valence-corrected chi connectivity index (χ0v) is 13.9. The zero-order valence-electron chi connectivity index (χ0n) is 13.1. The van der Waals surface area contributed by atoms with E-state index in [2.05, 4.69) is 0 Å². The zero-order chi connectivity index (χ0) is 17.1. The minimum absolute atomic E-state index is 0.0573. The van der Waals surface area contributed by atoms with Crippen LogP contribution in [0.3, 0.4) is 0 Å². The minimum atomic E-state index is -0.331. The third-order valence-corrected chi connectivity index (χ3v) is 4.73. The highest BCUT2D eigenvalue weighted by molar-refractivity contribution is 6.30. The first-order chi connectivity index (χ1) is 11.5. The molecule has 1 fully saturated rings. The Morgan fingerprint density at radius 2 is 1.67 bits per heavy atom. The van der Waals surface area contributed by atoms with Gasteiger partial charge in [0, 0.05) is 11.1 Å². The van der Waals surface area contributed by atoms with Crippen LogP contribution in [0.25, 0.3) is 0 Å². The van der Waals surface area contributed by atoms with E-state index in [1.54, 1.807) is 36.4 Å². The third kappa shape index (κ3) is 3.82. The highest BCUT2D eigenvalue weighted by Crippen LogP contribution is 2.39. The fourth-order valence-electron chi connectivity index (χ4n) is 3.17. The van der Waals surface area contributed by atoms with Gasteiger partial charge in [0.05, 0.1) is 5.56 Å². The molecular weight excluding hydrogens is 328 g/mol. The van der Waals surface area contributed by atoms with Gasteiger partial charge in [0.2, 0.25) is 0 Å². The number of halogens is 1. The molecule has 0 atom stereocenters. The number of ether oxygens (including phenoxy) is 1. The molecule has 1 aliphatic rings. The molecule has 0 aliphatic heterocycles. The van der Waals surface area contributed by atoms with Crippen molar-refractivity contribution in [3.05, 3.63) is 58.6 Å². The molecule has 0 aromatic heterocycles. The van der Waals surface area contributed by atoms with Crippen LogP contribution in [0, 0.1) is 0 Å². The Kier molecular flexibility index (Phi) is 4.95. The molecule has 1 aliphatic carbocycles. The van der Waals surface area contributed by atoms with E-state index in [4.69, 9.17) is 16.3 Å². The van der Waals surface area contributed by atoms with Crippen molar-refractivity contribution in [3.8, 4) is 11.5 Å². The van der Waals surface area contributed by atoms with Gasteiger partial charge < -0.3 is 14.9 Å². The summed E-state index contributed by atoms with van der Waals surface area (Å²) >= 11 is 5.82. The van der Waals surface area contributed by atoms with Crippen LogP contribution in [0.2, 0.25) is 5.02 Å². The first kappa shape index (κ1) is 16.7. The number of esters is 1. The summed E-state index contributed by atoms with van der Waals surface area (Å²) in [7, 11) is 0. The number of carbonyl (C=O) groups is 1. The largest absolute Gasteiger partial charge is 0.508 e. The maximum absolute atomic E-state index is 12.1. The van der Waals surface area contributed by atoms with Crippen LogP contribution in [0.15, 0.2) is 42.5 Å². The molecule has 0 bridgehead atoms. The van der Waals surface area contributed by atoms with E-state index >= 15 is 0 Å². The van der Waals surface area contributed by atoms with Crippen molar-refractivity contribution in [1.29, 1.82) is 0 Å². The van der Waals surface area contributed by atoms with E-state index in [0.29, 0.717) is 10.6 Å². The molecule has 0 heterocycles. The van der Waals surface area contributed by atoms with E-state index in [-0.39, 0.29) is 29.5 Å². The predicted octanol–water partition coefficient (Wildman–Crippen LogP) is 4.63. The molecule has 4 nitrogen and oxygen atoms in total. The number of aromatic hydroxyl groups is 2. The molecule has 0 saturated heterocycles. The Bertz CT molecular complexity index is 719. The molecule has 5 heteroatoms. The molecule has 3 rings (SSSR count). The molecule has 0 amide bonds. The highest BCUT2D eigenvalue weighted by Gasteiger charge is 2.26. The van der Waals surface area contributed by atoms with E-state index in [1.165, 1.54) is 6.07 Å². The van der Waals surface area contributed by atoms with E-state index in [1.807, 2.05) is 0 Å². The van der Waals surface area contributed by atoms with Gasteiger partial charge in [-0.15, -0.1) is 0 Å². The lowest BCUT2D eigenvalue weighted by atomic mass is 9.82. The summed E-state index contributed by atoms with van der Waals surface area (Å²) in [5.41, 5.74) is 1.34. The van der Waals surface area contributed by atoms with Crippen LogP contribution in [0.4, 0.5) is 0 Å². The molecule has 2 N–H and O–H groups in total. The normalized spacial score (nSPS) is 20.5. The highest BCUT2D eigenvalue weighted by atomic mass is 35.5.